The van der Waals surface area contributed by atoms with E-state index in [1.54, 1.807) is 11.3 Å². The molecule has 1 saturated carbocycles. The molecule has 0 aromatic carbocycles. The summed E-state index contributed by atoms with van der Waals surface area (Å²) in [5, 5.41) is 8.30. The molecule has 0 unspecified atom stereocenters. The Bertz CT molecular complexity index is 541. The van der Waals surface area contributed by atoms with Crippen LogP contribution in [0.4, 0.5) is 0 Å². The molecule has 0 amide bonds. The van der Waals surface area contributed by atoms with Crippen LogP contribution in [0.25, 0.3) is 0 Å². The normalized spacial score (nSPS) is 26.8. The Hall–Kier alpha value is -1.20. The van der Waals surface area contributed by atoms with Crippen LogP contribution < -0.4 is 5.73 Å². The van der Waals surface area contributed by atoms with Crippen LogP contribution in [0.5, 0.6) is 0 Å². The monoisotopic (exact) mass is 291 g/mol. The van der Waals surface area contributed by atoms with E-state index in [-0.39, 0.29) is 5.54 Å². The quantitative estimate of drug-likeness (QED) is 0.936. The van der Waals surface area contributed by atoms with Crippen molar-refractivity contribution in [1.29, 1.82) is 0 Å². The highest BCUT2D eigenvalue weighted by Gasteiger charge is 2.36. The average molecular weight is 291 g/mol. The van der Waals surface area contributed by atoms with E-state index in [2.05, 4.69) is 33.9 Å². The second-order valence-electron chi connectivity index (χ2n) is 5.83. The fraction of sp³-hybridized carbons (Fsp3) is 0.600. The Kier molecular flexibility index (Phi) is 3.89. The molecule has 2 heterocycles. The highest BCUT2D eigenvalue weighted by atomic mass is 32.1. The lowest BCUT2D eigenvalue weighted by molar-refractivity contribution is 0.216. The Morgan fingerprint density at radius 3 is 2.90 bits per heavy atom. The molecule has 1 fully saturated rings. The van der Waals surface area contributed by atoms with E-state index >= 15 is 0 Å². The molecule has 3 rings (SSSR count). The summed E-state index contributed by atoms with van der Waals surface area (Å²) in [6.07, 6.45) is 6.20. The van der Waals surface area contributed by atoms with Crippen molar-refractivity contribution < 1.29 is 4.52 Å². The summed E-state index contributed by atoms with van der Waals surface area (Å²) in [4.78, 5) is 4.53. The molecule has 20 heavy (non-hydrogen) atoms. The molecule has 0 aliphatic heterocycles. The van der Waals surface area contributed by atoms with Crippen molar-refractivity contribution in [3.63, 3.8) is 0 Å². The standard InChI is InChI=1S/C15H21N3OS/c1-2-11-3-6-15(16,7-4-11)14-17-13(19-18-14)9-12-5-8-20-10-12/h5,8,10-11H,2-4,6-7,9,16H2,1H3. The van der Waals surface area contributed by atoms with Gasteiger partial charge in [-0.15, -0.1) is 0 Å². The molecular formula is C15H21N3OS. The van der Waals surface area contributed by atoms with Crippen LogP contribution >= 0.6 is 11.3 Å². The fourth-order valence-electron chi connectivity index (χ4n) is 2.92. The zero-order valence-electron chi connectivity index (χ0n) is 11.8. The number of rotatable bonds is 4. The first-order valence-electron chi connectivity index (χ1n) is 7.32. The Balaban J connectivity index is 1.70. The summed E-state index contributed by atoms with van der Waals surface area (Å²) in [5.41, 5.74) is 7.33. The maximum absolute atomic E-state index is 6.50. The number of thiophene rings is 1. The molecule has 2 aromatic heterocycles. The largest absolute Gasteiger partial charge is 0.339 e. The van der Waals surface area contributed by atoms with Gasteiger partial charge >= 0.3 is 0 Å². The molecule has 1 aliphatic carbocycles. The van der Waals surface area contributed by atoms with E-state index in [4.69, 9.17) is 10.3 Å². The third-order valence-corrected chi connectivity index (χ3v) is 5.16. The zero-order valence-corrected chi connectivity index (χ0v) is 12.7. The van der Waals surface area contributed by atoms with Crippen molar-refractivity contribution in [2.45, 2.75) is 51.0 Å². The van der Waals surface area contributed by atoms with Gasteiger partial charge in [-0.25, -0.2) is 0 Å². The van der Waals surface area contributed by atoms with Crippen LogP contribution in [0, 0.1) is 5.92 Å². The molecule has 0 spiro atoms. The molecule has 4 nitrogen and oxygen atoms in total. The van der Waals surface area contributed by atoms with Gasteiger partial charge in [0.05, 0.1) is 12.0 Å². The lowest BCUT2D eigenvalue weighted by Crippen LogP contribution is -2.41. The first-order valence-corrected chi connectivity index (χ1v) is 8.27. The van der Waals surface area contributed by atoms with Gasteiger partial charge in [0, 0.05) is 0 Å². The van der Waals surface area contributed by atoms with Crippen molar-refractivity contribution in [2.75, 3.05) is 0 Å². The lowest BCUT2D eigenvalue weighted by Gasteiger charge is -2.34. The SMILES string of the molecule is CCC1CCC(N)(c2noc(Cc3ccsc3)n2)CC1. The lowest BCUT2D eigenvalue weighted by atomic mass is 9.76. The smallest absolute Gasteiger partial charge is 0.231 e. The van der Waals surface area contributed by atoms with Gasteiger partial charge in [0.25, 0.3) is 0 Å². The molecule has 0 atom stereocenters. The number of hydrogen-bond donors (Lipinski definition) is 1. The molecule has 5 heteroatoms. The second-order valence-corrected chi connectivity index (χ2v) is 6.61. The van der Waals surface area contributed by atoms with E-state index in [1.165, 1.54) is 24.8 Å². The van der Waals surface area contributed by atoms with Crippen LogP contribution in [-0.4, -0.2) is 10.1 Å². The predicted molar refractivity (Wildman–Crippen MR) is 79.5 cm³/mol. The number of nitrogens with two attached hydrogens (primary N) is 1. The van der Waals surface area contributed by atoms with Crippen molar-refractivity contribution >= 4 is 11.3 Å². The Morgan fingerprint density at radius 2 is 2.25 bits per heavy atom. The fourth-order valence-corrected chi connectivity index (χ4v) is 3.59. The molecule has 1 aliphatic rings. The molecule has 2 N–H and O–H groups in total. The molecule has 0 saturated heterocycles. The minimum absolute atomic E-state index is 0.387. The predicted octanol–water partition coefficient (Wildman–Crippen LogP) is 3.48. The topological polar surface area (TPSA) is 64.9 Å². The van der Waals surface area contributed by atoms with Gasteiger partial charge in [-0.1, -0.05) is 18.5 Å². The maximum atomic E-state index is 6.50. The van der Waals surface area contributed by atoms with Gasteiger partial charge in [0.15, 0.2) is 5.82 Å². The summed E-state index contributed by atoms with van der Waals surface area (Å²) in [7, 11) is 0. The highest BCUT2D eigenvalue weighted by molar-refractivity contribution is 7.07. The first kappa shape index (κ1) is 13.8. The summed E-state index contributed by atoms with van der Waals surface area (Å²) in [6.45, 7) is 2.25. The average Bonchev–Trinajstić information content (AvgIpc) is 3.12. The van der Waals surface area contributed by atoms with Crippen LogP contribution in [-0.2, 0) is 12.0 Å². The minimum Gasteiger partial charge on any atom is -0.339 e. The van der Waals surface area contributed by atoms with Crippen LogP contribution in [0.1, 0.15) is 56.3 Å². The van der Waals surface area contributed by atoms with E-state index < -0.39 is 0 Å². The van der Waals surface area contributed by atoms with Crippen LogP contribution in [0.15, 0.2) is 21.3 Å². The zero-order chi connectivity index (χ0) is 14.0. The third kappa shape index (κ3) is 2.79. The van der Waals surface area contributed by atoms with Crippen molar-refractivity contribution in [1.82, 2.24) is 10.1 Å². The summed E-state index contributed by atoms with van der Waals surface area (Å²) < 4.78 is 5.37. The molecular weight excluding hydrogens is 270 g/mol. The molecule has 2 aromatic rings. The van der Waals surface area contributed by atoms with E-state index in [9.17, 15) is 0 Å². The van der Waals surface area contributed by atoms with E-state index in [1.807, 2.05) is 0 Å². The summed E-state index contributed by atoms with van der Waals surface area (Å²) in [6, 6.07) is 2.08. The number of hydrogen-bond acceptors (Lipinski definition) is 5. The first-order chi connectivity index (χ1) is 9.69. The van der Waals surface area contributed by atoms with Crippen LogP contribution in [0.3, 0.4) is 0 Å². The van der Waals surface area contributed by atoms with E-state index in [0.29, 0.717) is 18.1 Å². The van der Waals surface area contributed by atoms with Gasteiger partial charge in [0.2, 0.25) is 5.89 Å². The Labute approximate surface area is 123 Å². The van der Waals surface area contributed by atoms with E-state index in [0.717, 1.165) is 18.8 Å². The molecule has 0 radical (unpaired) electrons. The van der Waals surface area contributed by atoms with Gasteiger partial charge in [-0.3, -0.25) is 0 Å². The molecule has 0 bridgehead atoms. The maximum Gasteiger partial charge on any atom is 0.231 e. The van der Waals surface area contributed by atoms with Crippen molar-refractivity contribution in [3.8, 4) is 0 Å². The van der Waals surface area contributed by atoms with Gasteiger partial charge in [-0.05, 0) is 54.0 Å². The minimum atomic E-state index is -0.387. The van der Waals surface area contributed by atoms with Crippen molar-refractivity contribution in [2.24, 2.45) is 11.7 Å². The third-order valence-electron chi connectivity index (χ3n) is 4.42. The molecule has 108 valence electrons. The van der Waals surface area contributed by atoms with Gasteiger partial charge < -0.3 is 10.3 Å². The van der Waals surface area contributed by atoms with Gasteiger partial charge in [-0.2, -0.15) is 16.3 Å². The second kappa shape index (κ2) is 5.66. The Morgan fingerprint density at radius 1 is 1.45 bits per heavy atom. The van der Waals surface area contributed by atoms with Gasteiger partial charge in [0.1, 0.15) is 0 Å². The number of aromatic nitrogens is 2. The summed E-state index contributed by atoms with van der Waals surface area (Å²) >= 11 is 1.68. The van der Waals surface area contributed by atoms with Crippen molar-refractivity contribution in [3.05, 3.63) is 34.1 Å². The highest BCUT2D eigenvalue weighted by Crippen LogP contribution is 2.37. The van der Waals surface area contributed by atoms with Crippen LogP contribution in [0.2, 0.25) is 0 Å². The summed E-state index contributed by atoms with van der Waals surface area (Å²) in [5.74, 6) is 2.17. The number of nitrogens with zero attached hydrogens (tertiary/aromatic N) is 2.